The highest BCUT2D eigenvalue weighted by Crippen LogP contribution is 2.19. The number of hydrogen-bond acceptors (Lipinski definition) is 5. The van der Waals surface area contributed by atoms with Crippen LogP contribution in [0.5, 0.6) is 0 Å². The molecule has 0 atom stereocenters. The van der Waals surface area contributed by atoms with Gasteiger partial charge in [-0.25, -0.2) is 14.6 Å². The Morgan fingerprint density at radius 1 is 0.962 bits per heavy atom. The third-order valence-corrected chi connectivity index (χ3v) is 4.29. The first-order valence-electron chi connectivity index (χ1n) is 8.00. The highest BCUT2D eigenvalue weighted by atomic mass is 35.5. The van der Waals surface area contributed by atoms with Crippen LogP contribution in [0.2, 0.25) is 5.02 Å². The van der Waals surface area contributed by atoms with E-state index in [9.17, 15) is 4.79 Å². The standard InChI is InChI=1S/C18H15ClN6O/c1-10-8-11(2)22-18(21-10)25-17(26)16-15(12(3)23-25)9-20-24(16)14-6-4-13(19)5-7-14/h4-9H,1-3H3. The van der Waals surface area contributed by atoms with Crippen LogP contribution in [0.3, 0.4) is 0 Å². The van der Waals surface area contributed by atoms with E-state index in [1.54, 1.807) is 23.0 Å². The maximum absolute atomic E-state index is 13.2. The summed E-state index contributed by atoms with van der Waals surface area (Å²) in [7, 11) is 0. The van der Waals surface area contributed by atoms with Crippen LogP contribution in [-0.2, 0) is 0 Å². The van der Waals surface area contributed by atoms with Gasteiger partial charge in [-0.15, -0.1) is 0 Å². The van der Waals surface area contributed by atoms with Gasteiger partial charge in [-0.05, 0) is 51.1 Å². The summed E-state index contributed by atoms with van der Waals surface area (Å²) in [5, 5.41) is 10.0. The average Bonchev–Trinajstić information content (AvgIpc) is 3.04. The van der Waals surface area contributed by atoms with Crippen molar-refractivity contribution in [2.45, 2.75) is 20.8 Å². The Morgan fingerprint density at radius 3 is 2.27 bits per heavy atom. The molecule has 0 fully saturated rings. The van der Waals surface area contributed by atoms with Crippen molar-refractivity contribution in [1.82, 2.24) is 29.5 Å². The predicted molar refractivity (Wildman–Crippen MR) is 99.3 cm³/mol. The van der Waals surface area contributed by atoms with Gasteiger partial charge in [0.2, 0.25) is 0 Å². The van der Waals surface area contributed by atoms with Crippen molar-refractivity contribution in [2.75, 3.05) is 0 Å². The Hall–Kier alpha value is -3.06. The highest BCUT2D eigenvalue weighted by Gasteiger charge is 2.17. The van der Waals surface area contributed by atoms with Crippen LogP contribution >= 0.6 is 11.6 Å². The number of rotatable bonds is 2. The van der Waals surface area contributed by atoms with Gasteiger partial charge in [-0.2, -0.15) is 14.9 Å². The fourth-order valence-corrected chi connectivity index (χ4v) is 3.01. The molecule has 7 nitrogen and oxygen atoms in total. The smallest absolute Gasteiger partial charge is 0.265 e. The zero-order chi connectivity index (χ0) is 18.4. The third-order valence-electron chi connectivity index (χ3n) is 4.04. The molecule has 26 heavy (non-hydrogen) atoms. The monoisotopic (exact) mass is 366 g/mol. The van der Waals surface area contributed by atoms with Crippen LogP contribution in [0.15, 0.2) is 41.3 Å². The molecule has 0 amide bonds. The molecule has 3 heterocycles. The van der Waals surface area contributed by atoms with Crippen molar-refractivity contribution in [3.63, 3.8) is 0 Å². The lowest BCUT2D eigenvalue weighted by atomic mass is 10.2. The van der Waals surface area contributed by atoms with Crippen LogP contribution in [-0.4, -0.2) is 29.5 Å². The van der Waals surface area contributed by atoms with Crippen molar-refractivity contribution in [1.29, 1.82) is 0 Å². The molecule has 1 aromatic carbocycles. The minimum absolute atomic E-state index is 0.251. The summed E-state index contributed by atoms with van der Waals surface area (Å²) < 4.78 is 2.81. The molecule has 4 rings (SSSR count). The van der Waals surface area contributed by atoms with Gasteiger partial charge in [-0.1, -0.05) is 11.6 Å². The summed E-state index contributed by atoms with van der Waals surface area (Å²) in [6, 6.07) is 8.97. The highest BCUT2D eigenvalue weighted by molar-refractivity contribution is 6.30. The van der Waals surface area contributed by atoms with Gasteiger partial charge >= 0.3 is 5.56 Å². The van der Waals surface area contributed by atoms with Gasteiger partial charge < -0.3 is 0 Å². The Kier molecular flexibility index (Phi) is 3.81. The Bertz CT molecular complexity index is 1170. The van der Waals surface area contributed by atoms with Gasteiger partial charge in [-0.3, -0.25) is 4.79 Å². The summed E-state index contributed by atoms with van der Waals surface area (Å²) >= 11 is 5.96. The molecular weight excluding hydrogens is 352 g/mol. The van der Waals surface area contributed by atoms with Crippen LogP contribution in [0.25, 0.3) is 22.5 Å². The third kappa shape index (κ3) is 2.66. The Morgan fingerprint density at radius 2 is 1.62 bits per heavy atom. The number of nitrogens with zero attached hydrogens (tertiary/aromatic N) is 6. The van der Waals surface area contributed by atoms with Gasteiger partial charge in [0.15, 0.2) is 0 Å². The van der Waals surface area contributed by atoms with Gasteiger partial charge in [0, 0.05) is 21.8 Å². The van der Waals surface area contributed by atoms with Crippen molar-refractivity contribution in [3.8, 4) is 11.6 Å². The zero-order valence-corrected chi connectivity index (χ0v) is 15.2. The van der Waals surface area contributed by atoms with E-state index in [4.69, 9.17) is 11.6 Å². The van der Waals surface area contributed by atoms with Crippen LogP contribution < -0.4 is 5.56 Å². The van der Waals surface area contributed by atoms with Gasteiger partial charge in [0.05, 0.1) is 17.6 Å². The van der Waals surface area contributed by atoms with Crippen molar-refractivity contribution in [2.24, 2.45) is 0 Å². The summed E-state index contributed by atoms with van der Waals surface area (Å²) in [5.74, 6) is 0.251. The second-order valence-electron chi connectivity index (χ2n) is 6.05. The van der Waals surface area contributed by atoms with E-state index in [0.29, 0.717) is 21.6 Å². The molecule has 0 spiro atoms. The number of aryl methyl sites for hydroxylation is 3. The molecule has 0 bridgehead atoms. The fraction of sp³-hybridized carbons (Fsp3) is 0.167. The van der Waals surface area contributed by atoms with E-state index in [2.05, 4.69) is 20.2 Å². The molecule has 8 heteroatoms. The van der Waals surface area contributed by atoms with Crippen LogP contribution in [0.4, 0.5) is 0 Å². The van der Waals surface area contributed by atoms with E-state index in [0.717, 1.165) is 17.1 Å². The van der Waals surface area contributed by atoms with E-state index >= 15 is 0 Å². The minimum atomic E-state index is -0.331. The molecule has 0 unspecified atom stereocenters. The first-order chi connectivity index (χ1) is 12.4. The number of hydrogen-bond donors (Lipinski definition) is 0. The Balaban J connectivity index is 2.03. The SMILES string of the molecule is Cc1cc(C)nc(-n2nc(C)c3cnn(-c4ccc(Cl)cc4)c3c2=O)n1. The topological polar surface area (TPSA) is 78.5 Å². The van der Waals surface area contributed by atoms with E-state index in [1.165, 1.54) is 4.68 Å². The lowest BCUT2D eigenvalue weighted by Gasteiger charge is -2.08. The van der Waals surface area contributed by atoms with Gasteiger partial charge in [0.1, 0.15) is 5.52 Å². The molecule has 4 aromatic rings. The Labute approximate surface area is 153 Å². The largest absolute Gasteiger partial charge is 0.300 e. The molecule has 0 aliphatic heterocycles. The van der Waals surface area contributed by atoms with Crippen molar-refractivity contribution in [3.05, 3.63) is 69.0 Å². The maximum Gasteiger partial charge on any atom is 0.300 e. The summed E-state index contributed by atoms with van der Waals surface area (Å²) in [6.45, 7) is 5.54. The molecule has 0 aliphatic rings. The number of aromatic nitrogens is 6. The molecule has 0 saturated carbocycles. The van der Waals surface area contributed by atoms with Crippen molar-refractivity contribution < 1.29 is 0 Å². The van der Waals surface area contributed by atoms with Crippen LogP contribution in [0.1, 0.15) is 17.1 Å². The zero-order valence-electron chi connectivity index (χ0n) is 14.4. The number of halogens is 1. The predicted octanol–water partition coefficient (Wildman–Crippen LogP) is 2.94. The first kappa shape index (κ1) is 16.4. The minimum Gasteiger partial charge on any atom is -0.265 e. The molecule has 0 N–H and O–H groups in total. The number of fused-ring (bicyclic) bond motifs is 1. The average molecular weight is 367 g/mol. The lowest BCUT2D eigenvalue weighted by Crippen LogP contribution is -2.26. The van der Waals surface area contributed by atoms with E-state index in [-0.39, 0.29) is 11.5 Å². The lowest BCUT2D eigenvalue weighted by molar-refractivity contribution is 0.734. The maximum atomic E-state index is 13.2. The molecule has 0 aliphatic carbocycles. The normalized spacial score (nSPS) is 11.2. The fourth-order valence-electron chi connectivity index (χ4n) is 2.88. The summed E-state index contributed by atoms with van der Waals surface area (Å²) in [5.41, 5.74) is 3.03. The van der Waals surface area contributed by atoms with Crippen LogP contribution in [0, 0.1) is 20.8 Å². The van der Waals surface area contributed by atoms with Crippen molar-refractivity contribution >= 4 is 22.5 Å². The molecule has 0 saturated heterocycles. The second-order valence-corrected chi connectivity index (χ2v) is 6.48. The van der Waals surface area contributed by atoms with Gasteiger partial charge in [0.25, 0.3) is 5.95 Å². The molecule has 0 radical (unpaired) electrons. The van der Waals surface area contributed by atoms with E-state index < -0.39 is 0 Å². The molecule has 130 valence electrons. The summed E-state index contributed by atoms with van der Waals surface area (Å²) in [4.78, 5) is 21.9. The summed E-state index contributed by atoms with van der Waals surface area (Å²) in [6.07, 6.45) is 1.64. The first-order valence-corrected chi connectivity index (χ1v) is 8.38. The van der Waals surface area contributed by atoms with E-state index in [1.807, 2.05) is 39.0 Å². The second kappa shape index (κ2) is 6.03. The quantitative estimate of drug-likeness (QED) is 0.545. The number of benzene rings is 1. The molecular formula is C18H15ClN6O. The molecule has 3 aromatic heterocycles.